The van der Waals surface area contributed by atoms with Crippen LogP contribution in [0.4, 0.5) is 0 Å². The minimum Gasteiger partial charge on any atom is -0.346 e. The highest BCUT2D eigenvalue weighted by molar-refractivity contribution is 5.85. The molecule has 1 aromatic carbocycles. The van der Waals surface area contributed by atoms with Gasteiger partial charge in [-0.1, -0.05) is 36.8 Å². The summed E-state index contributed by atoms with van der Waals surface area (Å²) < 4.78 is 0. The summed E-state index contributed by atoms with van der Waals surface area (Å²) in [5.74, 6) is 0.252. The van der Waals surface area contributed by atoms with Gasteiger partial charge >= 0.3 is 0 Å². The Kier molecular flexibility index (Phi) is 5.75. The molecule has 5 heteroatoms. The zero-order chi connectivity index (χ0) is 15.1. The van der Waals surface area contributed by atoms with Gasteiger partial charge in [0.2, 0.25) is 11.8 Å². The largest absolute Gasteiger partial charge is 0.346 e. The molecule has 0 atom stereocenters. The molecule has 0 aliphatic heterocycles. The van der Waals surface area contributed by atoms with E-state index >= 15 is 0 Å². The van der Waals surface area contributed by atoms with Gasteiger partial charge < -0.3 is 16.0 Å². The number of hydrogen-bond acceptors (Lipinski definition) is 3. The van der Waals surface area contributed by atoms with Crippen LogP contribution in [-0.4, -0.2) is 36.3 Å². The van der Waals surface area contributed by atoms with Crippen molar-refractivity contribution in [2.75, 3.05) is 19.6 Å². The van der Waals surface area contributed by atoms with Crippen molar-refractivity contribution in [1.82, 2.24) is 10.2 Å². The first-order valence-corrected chi connectivity index (χ1v) is 7.47. The summed E-state index contributed by atoms with van der Waals surface area (Å²) >= 11 is 0. The van der Waals surface area contributed by atoms with Crippen molar-refractivity contribution >= 4 is 11.8 Å². The molecule has 0 aromatic heterocycles. The first-order valence-electron chi connectivity index (χ1n) is 7.47. The Morgan fingerprint density at radius 2 is 1.95 bits per heavy atom. The van der Waals surface area contributed by atoms with Crippen molar-refractivity contribution in [1.29, 1.82) is 0 Å². The topological polar surface area (TPSA) is 75.4 Å². The van der Waals surface area contributed by atoms with E-state index in [0.29, 0.717) is 12.5 Å². The normalized spacial score (nSPS) is 14.3. The zero-order valence-corrected chi connectivity index (χ0v) is 12.3. The summed E-state index contributed by atoms with van der Waals surface area (Å²) in [4.78, 5) is 25.3. The Bertz CT molecular complexity index is 472. The molecule has 0 spiro atoms. The third-order valence-corrected chi connectivity index (χ3v) is 3.89. The highest BCUT2D eigenvalue weighted by Crippen LogP contribution is 2.27. The second-order valence-electron chi connectivity index (χ2n) is 5.54. The Labute approximate surface area is 125 Å². The molecule has 0 saturated heterocycles. The number of hydrogen-bond donors (Lipinski definition) is 2. The number of nitrogens with zero attached hydrogens (tertiary/aromatic N) is 1. The molecule has 3 N–H and O–H groups in total. The van der Waals surface area contributed by atoms with Crippen LogP contribution in [0.3, 0.4) is 0 Å². The fourth-order valence-electron chi connectivity index (χ4n) is 2.40. The van der Waals surface area contributed by atoms with Gasteiger partial charge in [-0.3, -0.25) is 9.59 Å². The van der Waals surface area contributed by atoms with Crippen LogP contribution < -0.4 is 11.1 Å². The van der Waals surface area contributed by atoms with Gasteiger partial charge in [0.1, 0.15) is 0 Å². The van der Waals surface area contributed by atoms with Crippen molar-refractivity contribution in [3.05, 3.63) is 35.9 Å². The van der Waals surface area contributed by atoms with Crippen LogP contribution in [0.5, 0.6) is 0 Å². The Morgan fingerprint density at radius 1 is 1.24 bits per heavy atom. The molecule has 1 aliphatic rings. The van der Waals surface area contributed by atoms with Gasteiger partial charge in [0.25, 0.3) is 0 Å². The van der Waals surface area contributed by atoms with Gasteiger partial charge in [0.05, 0.1) is 13.1 Å². The van der Waals surface area contributed by atoms with E-state index in [1.165, 1.54) is 19.3 Å². The molecule has 5 nitrogen and oxygen atoms in total. The van der Waals surface area contributed by atoms with Crippen molar-refractivity contribution in [2.24, 2.45) is 11.7 Å². The van der Waals surface area contributed by atoms with Crippen LogP contribution >= 0.6 is 0 Å². The van der Waals surface area contributed by atoms with E-state index in [1.807, 2.05) is 35.2 Å². The summed E-state index contributed by atoms with van der Waals surface area (Å²) in [7, 11) is 0. The number of carbonyl (C=O) groups is 2. The quantitative estimate of drug-likeness (QED) is 0.783. The summed E-state index contributed by atoms with van der Waals surface area (Å²) in [6.07, 6.45) is 3.63. The van der Waals surface area contributed by atoms with E-state index in [4.69, 9.17) is 5.73 Å². The number of nitrogens with one attached hydrogen (secondary N) is 1. The Hall–Kier alpha value is -1.88. The number of amides is 2. The van der Waals surface area contributed by atoms with Crippen LogP contribution in [0.1, 0.15) is 24.8 Å². The van der Waals surface area contributed by atoms with E-state index in [-0.39, 0.29) is 24.9 Å². The van der Waals surface area contributed by atoms with Gasteiger partial charge in [-0.25, -0.2) is 0 Å². The van der Waals surface area contributed by atoms with E-state index in [9.17, 15) is 9.59 Å². The van der Waals surface area contributed by atoms with Gasteiger partial charge in [-0.15, -0.1) is 0 Å². The lowest BCUT2D eigenvalue weighted by Gasteiger charge is -2.32. The van der Waals surface area contributed by atoms with Gasteiger partial charge in [0, 0.05) is 13.1 Å². The first-order chi connectivity index (χ1) is 10.2. The molecule has 0 bridgehead atoms. The molecule has 1 aromatic rings. The lowest BCUT2D eigenvalue weighted by atomic mass is 9.85. The summed E-state index contributed by atoms with van der Waals surface area (Å²) in [6, 6.07) is 9.93. The van der Waals surface area contributed by atoms with E-state index in [1.54, 1.807) is 0 Å². The molecule has 2 rings (SSSR count). The SMILES string of the molecule is NCC(=O)NCC(=O)N(Cc1ccccc1)CC1CCC1. The van der Waals surface area contributed by atoms with Gasteiger partial charge in [-0.05, 0) is 24.3 Å². The molecule has 1 aliphatic carbocycles. The lowest BCUT2D eigenvalue weighted by molar-refractivity contribution is -0.134. The molecule has 0 heterocycles. The molecular formula is C16H23N3O2. The van der Waals surface area contributed by atoms with E-state index in [2.05, 4.69) is 5.32 Å². The summed E-state index contributed by atoms with van der Waals surface area (Å²) in [5.41, 5.74) is 6.34. The Balaban J connectivity index is 1.93. The summed E-state index contributed by atoms with van der Waals surface area (Å²) in [6.45, 7) is 1.30. The first kappa shape index (κ1) is 15.5. The van der Waals surface area contributed by atoms with Crippen molar-refractivity contribution in [3.8, 4) is 0 Å². The highest BCUT2D eigenvalue weighted by atomic mass is 16.2. The van der Waals surface area contributed by atoms with Crippen molar-refractivity contribution < 1.29 is 9.59 Å². The molecule has 2 amide bonds. The monoisotopic (exact) mass is 289 g/mol. The van der Waals surface area contributed by atoms with Crippen LogP contribution in [0.2, 0.25) is 0 Å². The van der Waals surface area contributed by atoms with E-state index in [0.717, 1.165) is 12.1 Å². The smallest absolute Gasteiger partial charge is 0.242 e. The highest BCUT2D eigenvalue weighted by Gasteiger charge is 2.23. The van der Waals surface area contributed by atoms with Crippen LogP contribution in [0.25, 0.3) is 0 Å². The second kappa shape index (κ2) is 7.78. The summed E-state index contributed by atoms with van der Waals surface area (Å²) in [5, 5.41) is 2.55. The third-order valence-electron chi connectivity index (χ3n) is 3.89. The molecule has 1 saturated carbocycles. The Morgan fingerprint density at radius 3 is 2.52 bits per heavy atom. The van der Waals surface area contributed by atoms with Crippen molar-refractivity contribution in [3.63, 3.8) is 0 Å². The van der Waals surface area contributed by atoms with E-state index < -0.39 is 0 Å². The standard InChI is InChI=1S/C16H23N3O2/c17-9-15(20)18-10-16(21)19(12-14-7-4-8-14)11-13-5-2-1-3-6-13/h1-3,5-6,14H,4,7-12,17H2,(H,18,20). The second-order valence-corrected chi connectivity index (χ2v) is 5.54. The maximum absolute atomic E-state index is 12.3. The molecular weight excluding hydrogens is 266 g/mol. The predicted molar refractivity (Wildman–Crippen MR) is 81.3 cm³/mol. The fraction of sp³-hybridized carbons (Fsp3) is 0.500. The molecule has 0 radical (unpaired) electrons. The fourth-order valence-corrected chi connectivity index (χ4v) is 2.40. The van der Waals surface area contributed by atoms with Crippen LogP contribution in [0, 0.1) is 5.92 Å². The maximum atomic E-state index is 12.3. The zero-order valence-electron chi connectivity index (χ0n) is 12.3. The lowest BCUT2D eigenvalue weighted by Crippen LogP contribution is -2.44. The van der Waals surface area contributed by atoms with Crippen LogP contribution in [0.15, 0.2) is 30.3 Å². The minimum atomic E-state index is -0.299. The van der Waals surface area contributed by atoms with Crippen molar-refractivity contribution in [2.45, 2.75) is 25.8 Å². The number of benzene rings is 1. The minimum absolute atomic E-state index is 0.0234. The maximum Gasteiger partial charge on any atom is 0.242 e. The van der Waals surface area contributed by atoms with Gasteiger partial charge in [-0.2, -0.15) is 0 Å². The van der Waals surface area contributed by atoms with Gasteiger partial charge in [0.15, 0.2) is 0 Å². The molecule has 0 unspecified atom stereocenters. The molecule has 21 heavy (non-hydrogen) atoms. The average molecular weight is 289 g/mol. The number of nitrogens with two attached hydrogens (primary N) is 1. The third kappa shape index (κ3) is 4.86. The number of carbonyl (C=O) groups excluding carboxylic acids is 2. The average Bonchev–Trinajstić information content (AvgIpc) is 2.47. The molecule has 114 valence electrons. The van der Waals surface area contributed by atoms with Crippen LogP contribution in [-0.2, 0) is 16.1 Å². The number of rotatable bonds is 7. The molecule has 1 fully saturated rings. The predicted octanol–water partition coefficient (Wildman–Crippen LogP) is 0.890.